The van der Waals surface area contributed by atoms with Crippen molar-refractivity contribution in [1.29, 1.82) is 0 Å². The minimum atomic E-state index is -0.0233. The van der Waals surface area contributed by atoms with Gasteiger partial charge < -0.3 is 25.3 Å². The van der Waals surface area contributed by atoms with E-state index in [1.165, 1.54) is 6.33 Å². The number of imidazole rings is 1. The smallest absolute Gasteiger partial charge is 0.244 e. The van der Waals surface area contributed by atoms with E-state index in [9.17, 15) is 4.79 Å². The van der Waals surface area contributed by atoms with Gasteiger partial charge in [0.15, 0.2) is 11.5 Å². The molecular weight excluding hydrogens is 549 g/mol. The zero-order chi connectivity index (χ0) is 23.7. The number of nitrogen functional groups attached to an aromatic ring is 1. The number of halogens is 1. The topological polar surface area (TPSA) is 131 Å². The first-order valence-electron chi connectivity index (χ1n) is 11.0. The largest absolute Gasteiger partial charge is 0.493 e. The Morgan fingerprint density at radius 2 is 2.03 bits per heavy atom. The Bertz CT molecular complexity index is 1310. The van der Waals surface area contributed by atoms with Crippen LogP contribution in [0.15, 0.2) is 36.9 Å². The standard InChI is InChI=1S/C22H24IN9O2/c1-2-34-16-11-14(3-4-15(16)23)30-7-9-31(10-8-30)17(33)12-32-22-18(20(24)27-13-28-22)19(29-32)21-25-5-6-26-21/h3-6,11,13H,2,7-10,12H2,1H3,(H,25,26)(H2,24,27,28). The number of hydrogen-bond acceptors (Lipinski definition) is 8. The number of aromatic nitrogens is 6. The summed E-state index contributed by atoms with van der Waals surface area (Å²) >= 11 is 2.28. The lowest BCUT2D eigenvalue weighted by atomic mass is 10.2. The fourth-order valence-corrected chi connectivity index (χ4v) is 4.59. The molecule has 0 spiro atoms. The van der Waals surface area contributed by atoms with Crippen molar-refractivity contribution in [3.63, 3.8) is 0 Å². The Kier molecular flexibility index (Phi) is 6.22. The summed E-state index contributed by atoms with van der Waals surface area (Å²) < 4.78 is 8.39. The number of nitrogens with one attached hydrogen (secondary N) is 1. The van der Waals surface area contributed by atoms with Gasteiger partial charge in [-0.05, 0) is 41.6 Å². The van der Waals surface area contributed by atoms with Crippen molar-refractivity contribution in [1.82, 2.24) is 34.6 Å². The second-order valence-electron chi connectivity index (χ2n) is 7.82. The molecule has 0 aliphatic carbocycles. The summed E-state index contributed by atoms with van der Waals surface area (Å²) in [4.78, 5) is 33.0. The maximum atomic E-state index is 13.1. The number of carbonyl (C=O) groups is 1. The van der Waals surface area contributed by atoms with Gasteiger partial charge in [0.05, 0.1) is 15.6 Å². The van der Waals surface area contributed by atoms with Crippen molar-refractivity contribution in [3.05, 3.63) is 40.5 Å². The Morgan fingerprint density at radius 1 is 1.21 bits per heavy atom. The monoisotopic (exact) mass is 573 g/mol. The molecule has 1 aliphatic heterocycles. The van der Waals surface area contributed by atoms with Crippen molar-refractivity contribution in [3.8, 4) is 17.3 Å². The number of anilines is 2. The van der Waals surface area contributed by atoms with Gasteiger partial charge in [-0.1, -0.05) is 0 Å². The number of fused-ring (bicyclic) bond motifs is 1. The number of piperazine rings is 1. The minimum absolute atomic E-state index is 0.0233. The van der Waals surface area contributed by atoms with E-state index < -0.39 is 0 Å². The Hall–Kier alpha value is -3.42. The maximum Gasteiger partial charge on any atom is 0.244 e. The number of carbonyl (C=O) groups excluding carboxylic acids is 1. The Balaban J connectivity index is 1.30. The van der Waals surface area contributed by atoms with E-state index in [1.54, 1.807) is 17.1 Å². The van der Waals surface area contributed by atoms with Crippen LogP contribution in [-0.4, -0.2) is 73.3 Å². The summed E-state index contributed by atoms with van der Waals surface area (Å²) in [6.45, 7) is 5.39. The Morgan fingerprint density at radius 3 is 2.76 bits per heavy atom. The molecule has 1 saturated heterocycles. The molecule has 1 amide bonds. The van der Waals surface area contributed by atoms with Crippen LogP contribution in [0.2, 0.25) is 0 Å². The van der Waals surface area contributed by atoms with Gasteiger partial charge in [-0.2, -0.15) is 5.10 Å². The molecule has 1 aliphatic rings. The molecule has 3 aromatic heterocycles. The molecule has 1 fully saturated rings. The normalized spacial score (nSPS) is 14.1. The van der Waals surface area contributed by atoms with Crippen LogP contribution in [0.3, 0.4) is 0 Å². The third-order valence-corrected chi connectivity index (χ3v) is 6.67. The predicted octanol–water partition coefficient (Wildman–Crippen LogP) is 2.15. The molecule has 12 heteroatoms. The van der Waals surface area contributed by atoms with E-state index in [2.05, 4.69) is 70.7 Å². The zero-order valence-electron chi connectivity index (χ0n) is 18.6. The molecule has 4 aromatic rings. The van der Waals surface area contributed by atoms with Gasteiger partial charge in [-0.25, -0.2) is 19.6 Å². The number of nitrogens with zero attached hydrogens (tertiary/aromatic N) is 7. The van der Waals surface area contributed by atoms with Crippen LogP contribution in [0, 0.1) is 3.57 Å². The van der Waals surface area contributed by atoms with Crippen molar-refractivity contribution < 1.29 is 9.53 Å². The fraction of sp³-hybridized carbons (Fsp3) is 0.318. The third kappa shape index (κ3) is 4.24. The predicted molar refractivity (Wildman–Crippen MR) is 136 cm³/mol. The molecular formula is C22H24IN9O2. The van der Waals surface area contributed by atoms with Crippen LogP contribution in [-0.2, 0) is 11.3 Å². The lowest BCUT2D eigenvalue weighted by Crippen LogP contribution is -2.49. The van der Waals surface area contributed by atoms with Crippen molar-refractivity contribution in [2.45, 2.75) is 13.5 Å². The molecule has 3 N–H and O–H groups in total. The molecule has 34 heavy (non-hydrogen) atoms. The molecule has 4 heterocycles. The lowest BCUT2D eigenvalue weighted by molar-refractivity contribution is -0.132. The van der Waals surface area contributed by atoms with E-state index in [-0.39, 0.29) is 12.5 Å². The van der Waals surface area contributed by atoms with Crippen LogP contribution in [0.25, 0.3) is 22.6 Å². The van der Waals surface area contributed by atoms with Crippen molar-refractivity contribution in [2.75, 3.05) is 43.4 Å². The lowest BCUT2D eigenvalue weighted by Gasteiger charge is -2.36. The SMILES string of the molecule is CCOc1cc(N2CCN(C(=O)Cn3nc(-c4ncc[nH]4)c4c(N)ncnc43)CC2)ccc1I. The molecule has 0 saturated carbocycles. The van der Waals surface area contributed by atoms with E-state index in [0.717, 1.165) is 28.1 Å². The molecule has 5 rings (SSSR count). The third-order valence-electron chi connectivity index (χ3n) is 5.78. The number of aromatic amines is 1. The van der Waals surface area contributed by atoms with Crippen LogP contribution in [0.4, 0.5) is 11.5 Å². The van der Waals surface area contributed by atoms with Crippen molar-refractivity contribution >= 4 is 51.0 Å². The number of rotatable bonds is 6. The highest BCUT2D eigenvalue weighted by atomic mass is 127. The van der Waals surface area contributed by atoms with Crippen LogP contribution in [0.5, 0.6) is 5.75 Å². The summed E-state index contributed by atoms with van der Waals surface area (Å²) in [5, 5.41) is 5.18. The Labute approximate surface area is 209 Å². The number of hydrogen-bond donors (Lipinski definition) is 2. The van der Waals surface area contributed by atoms with Crippen LogP contribution < -0.4 is 15.4 Å². The first-order chi connectivity index (χ1) is 16.5. The van der Waals surface area contributed by atoms with E-state index in [0.29, 0.717) is 48.1 Å². The highest BCUT2D eigenvalue weighted by molar-refractivity contribution is 14.1. The molecule has 11 nitrogen and oxygen atoms in total. The average Bonchev–Trinajstić information content (AvgIpc) is 3.50. The average molecular weight is 573 g/mol. The molecule has 0 radical (unpaired) electrons. The first kappa shape index (κ1) is 22.4. The number of H-pyrrole nitrogens is 1. The number of benzene rings is 1. The molecule has 1 aromatic carbocycles. The summed E-state index contributed by atoms with van der Waals surface area (Å²) in [5.41, 5.74) is 8.24. The molecule has 0 atom stereocenters. The second kappa shape index (κ2) is 9.44. The maximum absolute atomic E-state index is 13.1. The summed E-state index contributed by atoms with van der Waals surface area (Å²) in [6.07, 6.45) is 4.72. The number of ether oxygens (including phenoxy) is 1. The zero-order valence-corrected chi connectivity index (χ0v) is 20.8. The second-order valence-corrected chi connectivity index (χ2v) is 8.98. The number of amides is 1. The first-order valence-corrected chi connectivity index (χ1v) is 12.0. The van der Waals surface area contributed by atoms with E-state index in [1.807, 2.05) is 11.8 Å². The van der Waals surface area contributed by atoms with Gasteiger partial charge >= 0.3 is 0 Å². The van der Waals surface area contributed by atoms with Gasteiger partial charge in [0, 0.05) is 50.3 Å². The molecule has 176 valence electrons. The summed E-state index contributed by atoms with van der Waals surface area (Å²) in [6, 6.07) is 6.22. The summed E-state index contributed by atoms with van der Waals surface area (Å²) in [7, 11) is 0. The number of nitrogens with two attached hydrogens (primary N) is 1. The fourth-order valence-electron chi connectivity index (χ4n) is 4.10. The van der Waals surface area contributed by atoms with E-state index in [4.69, 9.17) is 10.5 Å². The minimum Gasteiger partial charge on any atom is -0.493 e. The molecule has 0 unspecified atom stereocenters. The van der Waals surface area contributed by atoms with Gasteiger partial charge in [0.1, 0.15) is 30.1 Å². The van der Waals surface area contributed by atoms with Gasteiger partial charge in [-0.3, -0.25) is 4.79 Å². The van der Waals surface area contributed by atoms with Gasteiger partial charge in [0.25, 0.3) is 0 Å². The van der Waals surface area contributed by atoms with Crippen LogP contribution in [0.1, 0.15) is 6.92 Å². The molecule has 0 bridgehead atoms. The quantitative estimate of drug-likeness (QED) is 0.336. The van der Waals surface area contributed by atoms with Gasteiger partial charge in [0.2, 0.25) is 5.91 Å². The van der Waals surface area contributed by atoms with Crippen LogP contribution >= 0.6 is 22.6 Å². The highest BCUT2D eigenvalue weighted by Crippen LogP contribution is 2.29. The highest BCUT2D eigenvalue weighted by Gasteiger charge is 2.25. The van der Waals surface area contributed by atoms with E-state index >= 15 is 0 Å². The summed E-state index contributed by atoms with van der Waals surface area (Å²) in [5.74, 6) is 1.71. The van der Waals surface area contributed by atoms with Gasteiger partial charge in [-0.15, -0.1) is 0 Å². The van der Waals surface area contributed by atoms with Crippen molar-refractivity contribution in [2.24, 2.45) is 0 Å².